The Balaban J connectivity index is 2.71. The first-order chi connectivity index (χ1) is 20.0. The minimum absolute atomic E-state index is 0.196. The van der Waals surface area contributed by atoms with Crippen molar-refractivity contribution in [3.05, 3.63) is 0 Å². The van der Waals surface area contributed by atoms with Crippen molar-refractivity contribution in [1.29, 1.82) is 0 Å². The molecule has 42 heavy (non-hydrogen) atoms. The van der Waals surface area contributed by atoms with Crippen LogP contribution in [-0.2, 0) is 38.4 Å². The Labute approximate surface area is 242 Å². The van der Waals surface area contributed by atoms with Gasteiger partial charge in [-0.05, 0) is 58.0 Å². The number of aliphatic carboxylic acids is 2. The molecule has 236 valence electrons. The Morgan fingerprint density at radius 2 is 1.40 bits per heavy atom. The van der Waals surface area contributed by atoms with Gasteiger partial charge in [0.25, 0.3) is 0 Å². The highest BCUT2D eigenvalue weighted by atomic mass is 16.4. The Bertz CT molecular complexity index is 971. The quantitative estimate of drug-likeness (QED) is 0.0459. The van der Waals surface area contributed by atoms with Crippen LogP contribution in [-0.4, -0.2) is 108 Å². The number of aldehydes is 1. The summed E-state index contributed by atoms with van der Waals surface area (Å²) in [4.78, 5) is 95.4. The first-order valence-corrected chi connectivity index (χ1v) is 13.7. The second-order valence-electron chi connectivity index (χ2n) is 9.73. The van der Waals surface area contributed by atoms with Crippen molar-refractivity contribution >= 4 is 47.8 Å². The fourth-order valence-corrected chi connectivity index (χ4v) is 4.02. The second-order valence-corrected chi connectivity index (χ2v) is 9.73. The molecule has 1 fully saturated rings. The Hall–Kier alpha value is -4.12. The molecule has 1 heterocycles. The van der Waals surface area contributed by atoms with E-state index in [1.54, 1.807) is 0 Å². The first-order valence-electron chi connectivity index (χ1n) is 13.7. The molecule has 0 aromatic carbocycles. The van der Waals surface area contributed by atoms with Gasteiger partial charge in [0.1, 0.15) is 18.4 Å². The predicted octanol–water partition coefficient (Wildman–Crippen LogP) is -3.52. The third kappa shape index (κ3) is 15.0. The average Bonchev–Trinajstić information content (AvgIpc) is 3.49. The highest BCUT2D eigenvalue weighted by Gasteiger charge is 2.27. The van der Waals surface area contributed by atoms with E-state index < -0.39 is 73.1 Å². The molecule has 0 spiro atoms. The van der Waals surface area contributed by atoms with E-state index in [9.17, 15) is 38.4 Å². The fourth-order valence-electron chi connectivity index (χ4n) is 4.02. The van der Waals surface area contributed by atoms with Crippen molar-refractivity contribution in [2.45, 2.75) is 82.0 Å². The lowest BCUT2D eigenvalue weighted by Gasteiger charge is -2.21. The van der Waals surface area contributed by atoms with Gasteiger partial charge in [0.05, 0.1) is 25.2 Å². The van der Waals surface area contributed by atoms with Gasteiger partial charge in [-0.25, -0.2) is 0 Å². The zero-order valence-corrected chi connectivity index (χ0v) is 23.3. The Kier molecular flexibility index (Phi) is 17.0. The first kappa shape index (κ1) is 35.9. The van der Waals surface area contributed by atoms with Crippen LogP contribution in [0.15, 0.2) is 0 Å². The molecule has 1 aliphatic heterocycles. The number of hydrogen-bond donors (Lipinski definition) is 9. The standard InChI is InChI=1S/C25H41N7O10/c26-10-2-1-4-17(31-19(34)12-28-23(40)16-5-3-11-27-16)24(41)29-13-20(35)32-18(7-9-22(38)39)25(42)30-15(14-33)6-8-21(36)37/h14-18,27H,1-13,26H2,(H,28,40)(H,29,41)(H,30,42)(H,31,34)(H,32,35)(H,36,37)(H,38,39)/t15-,16-,17-,18-/m0/s1. The van der Waals surface area contributed by atoms with E-state index in [1.165, 1.54) is 0 Å². The monoisotopic (exact) mass is 599 g/mol. The van der Waals surface area contributed by atoms with Crippen LogP contribution in [0, 0.1) is 0 Å². The molecule has 10 N–H and O–H groups in total. The van der Waals surface area contributed by atoms with E-state index in [0.29, 0.717) is 38.6 Å². The molecule has 0 aromatic rings. The molecule has 0 bridgehead atoms. The molecular weight excluding hydrogens is 558 g/mol. The van der Waals surface area contributed by atoms with Crippen LogP contribution in [0.2, 0.25) is 0 Å². The van der Waals surface area contributed by atoms with Gasteiger partial charge in [0.15, 0.2) is 0 Å². The van der Waals surface area contributed by atoms with Gasteiger partial charge in [-0.3, -0.25) is 33.6 Å². The molecule has 17 heteroatoms. The molecule has 0 unspecified atom stereocenters. The highest BCUT2D eigenvalue weighted by Crippen LogP contribution is 2.05. The number of hydrogen-bond acceptors (Lipinski definition) is 10. The predicted molar refractivity (Wildman–Crippen MR) is 146 cm³/mol. The van der Waals surface area contributed by atoms with Crippen molar-refractivity contribution in [3.63, 3.8) is 0 Å². The maximum atomic E-state index is 12.8. The van der Waals surface area contributed by atoms with E-state index in [2.05, 4.69) is 31.9 Å². The van der Waals surface area contributed by atoms with Crippen molar-refractivity contribution in [2.75, 3.05) is 26.2 Å². The van der Waals surface area contributed by atoms with E-state index in [4.69, 9.17) is 15.9 Å². The van der Waals surface area contributed by atoms with Crippen LogP contribution in [0.1, 0.15) is 57.8 Å². The lowest BCUT2D eigenvalue weighted by atomic mass is 10.1. The Morgan fingerprint density at radius 1 is 0.810 bits per heavy atom. The SMILES string of the molecule is NCCCC[C@H](NC(=O)CNC(=O)[C@@H]1CCCN1)C(=O)NCC(=O)N[C@@H](CCC(=O)O)C(=O)N[C@H](C=O)CCC(=O)O. The minimum atomic E-state index is -1.39. The van der Waals surface area contributed by atoms with Crippen molar-refractivity contribution in [3.8, 4) is 0 Å². The van der Waals surface area contributed by atoms with Gasteiger partial charge in [-0.2, -0.15) is 0 Å². The summed E-state index contributed by atoms with van der Waals surface area (Å²) in [5, 5.41) is 32.7. The van der Waals surface area contributed by atoms with E-state index >= 15 is 0 Å². The van der Waals surface area contributed by atoms with Crippen LogP contribution in [0.25, 0.3) is 0 Å². The van der Waals surface area contributed by atoms with Crippen LogP contribution in [0.5, 0.6) is 0 Å². The number of carboxylic acid groups (broad SMARTS) is 2. The number of carbonyl (C=O) groups is 8. The molecule has 0 aliphatic carbocycles. The van der Waals surface area contributed by atoms with Crippen molar-refractivity contribution in [2.24, 2.45) is 5.73 Å². The minimum Gasteiger partial charge on any atom is -0.481 e. The lowest BCUT2D eigenvalue weighted by molar-refractivity contribution is -0.139. The number of nitrogens with two attached hydrogens (primary N) is 1. The summed E-state index contributed by atoms with van der Waals surface area (Å²) in [6.45, 7) is 0.0838. The molecule has 5 amide bonds. The highest BCUT2D eigenvalue weighted by molar-refractivity contribution is 5.94. The average molecular weight is 600 g/mol. The number of rotatable bonds is 21. The van der Waals surface area contributed by atoms with E-state index in [0.717, 1.165) is 6.42 Å². The normalized spacial score (nSPS) is 16.3. The zero-order valence-electron chi connectivity index (χ0n) is 23.3. The van der Waals surface area contributed by atoms with Crippen LogP contribution >= 0.6 is 0 Å². The number of carboxylic acids is 2. The molecule has 0 aromatic heterocycles. The zero-order chi connectivity index (χ0) is 31.5. The maximum Gasteiger partial charge on any atom is 0.303 e. The van der Waals surface area contributed by atoms with Crippen LogP contribution in [0.3, 0.4) is 0 Å². The summed E-state index contributed by atoms with van der Waals surface area (Å²) in [5.74, 6) is -5.85. The maximum absolute atomic E-state index is 12.8. The van der Waals surface area contributed by atoms with Gasteiger partial charge in [0.2, 0.25) is 29.5 Å². The Morgan fingerprint density at radius 3 is 1.95 bits per heavy atom. The van der Waals surface area contributed by atoms with E-state index in [1.807, 2.05) is 0 Å². The summed E-state index contributed by atoms with van der Waals surface area (Å²) in [6.07, 6.45) is 1.61. The molecular formula is C25H41N7O10. The molecule has 1 aliphatic rings. The molecule has 17 nitrogen and oxygen atoms in total. The van der Waals surface area contributed by atoms with Crippen molar-refractivity contribution < 1.29 is 48.6 Å². The van der Waals surface area contributed by atoms with Gasteiger partial charge in [-0.1, -0.05) is 0 Å². The van der Waals surface area contributed by atoms with Crippen LogP contribution < -0.4 is 37.6 Å². The third-order valence-corrected chi connectivity index (χ3v) is 6.28. The van der Waals surface area contributed by atoms with E-state index in [-0.39, 0.29) is 37.8 Å². The van der Waals surface area contributed by atoms with Crippen LogP contribution in [0.4, 0.5) is 0 Å². The van der Waals surface area contributed by atoms with Gasteiger partial charge < -0.3 is 52.6 Å². The largest absolute Gasteiger partial charge is 0.481 e. The number of amides is 5. The summed E-state index contributed by atoms with van der Waals surface area (Å²) >= 11 is 0. The summed E-state index contributed by atoms with van der Waals surface area (Å²) in [6, 6.07) is -3.99. The molecule has 0 radical (unpaired) electrons. The smallest absolute Gasteiger partial charge is 0.303 e. The number of unbranched alkanes of at least 4 members (excludes halogenated alkanes) is 1. The molecule has 4 atom stereocenters. The topological polar surface area (TPSA) is 275 Å². The molecule has 1 saturated heterocycles. The molecule has 1 rings (SSSR count). The fraction of sp³-hybridized carbons (Fsp3) is 0.680. The van der Waals surface area contributed by atoms with Gasteiger partial charge in [0, 0.05) is 12.8 Å². The lowest BCUT2D eigenvalue weighted by Crippen LogP contribution is -2.54. The van der Waals surface area contributed by atoms with Gasteiger partial charge >= 0.3 is 11.9 Å². The van der Waals surface area contributed by atoms with Gasteiger partial charge in [-0.15, -0.1) is 0 Å². The summed E-state index contributed by atoms with van der Waals surface area (Å²) in [7, 11) is 0. The molecule has 0 saturated carbocycles. The summed E-state index contributed by atoms with van der Waals surface area (Å²) < 4.78 is 0. The van der Waals surface area contributed by atoms with Crippen molar-refractivity contribution in [1.82, 2.24) is 31.9 Å². The number of carbonyl (C=O) groups excluding carboxylic acids is 6. The number of nitrogens with one attached hydrogen (secondary N) is 6. The summed E-state index contributed by atoms with van der Waals surface area (Å²) in [5.41, 5.74) is 5.51. The second kappa shape index (κ2) is 19.9. The third-order valence-electron chi connectivity index (χ3n) is 6.28.